The van der Waals surface area contributed by atoms with Crippen LogP contribution in [0.25, 0.3) is 5.69 Å². The molecule has 3 aromatic rings. The van der Waals surface area contributed by atoms with Gasteiger partial charge in [-0.2, -0.15) is 0 Å². The average molecular weight is 496 g/mol. The molecule has 4 rings (SSSR count). The van der Waals surface area contributed by atoms with Crippen LogP contribution in [0.2, 0.25) is 0 Å². The number of nitrogens with zero attached hydrogens (tertiary/aromatic N) is 4. The van der Waals surface area contributed by atoms with E-state index in [9.17, 15) is 8.78 Å². The smallest absolute Gasteiger partial charge is 0.297 e. The van der Waals surface area contributed by atoms with Crippen LogP contribution in [0.4, 0.5) is 8.78 Å². The molecule has 2 heterocycles. The Balaban J connectivity index is 1.53. The molecule has 0 N–H and O–H groups in total. The molecular weight excluding hydrogens is 477 g/mol. The Morgan fingerprint density at radius 2 is 1.75 bits per heavy atom. The molecule has 1 saturated carbocycles. The number of pyridine rings is 1. The lowest BCUT2D eigenvalue weighted by Crippen LogP contribution is -2.25. The maximum Gasteiger partial charge on any atom is 0.297 e. The zero-order valence-electron chi connectivity index (χ0n) is 15.0. The molecule has 0 amide bonds. The highest BCUT2D eigenvalue weighted by atomic mass is 127. The third kappa shape index (κ3) is 4.16. The van der Waals surface area contributed by atoms with Gasteiger partial charge in [0.25, 0.3) is 6.43 Å². The van der Waals surface area contributed by atoms with E-state index in [1.165, 1.54) is 4.57 Å². The van der Waals surface area contributed by atoms with E-state index in [0.29, 0.717) is 17.4 Å². The summed E-state index contributed by atoms with van der Waals surface area (Å²) < 4.78 is 35.5. The molecule has 1 fully saturated rings. The molecule has 5 nitrogen and oxygen atoms in total. The molecule has 0 spiro atoms. The zero-order valence-corrected chi connectivity index (χ0v) is 17.2. The summed E-state index contributed by atoms with van der Waals surface area (Å²) in [7, 11) is 0. The lowest BCUT2D eigenvalue weighted by Gasteiger charge is -2.28. The minimum Gasteiger partial charge on any atom is -0.474 e. The van der Waals surface area contributed by atoms with Crippen molar-refractivity contribution in [2.45, 2.75) is 44.1 Å². The van der Waals surface area contributed by atoms with Gasteiger partial charge in [-0.1, -0.05) is 6.07 Å². The van der Waals surface area contributed by atoms with Crippen LogP contribution in [0.1, 0.15) is 49.7 Å². The van der Waals surface area contributed by atoms with Crippen molar-refractivity contribution in [1.29, 1.82) is 0 Å². The molecule has 2 aromatic heterocycles. The van der Waals surface area contributed by atoms with Gasteiger partial charge in [-0.05, 0) is 78.6 Å². The van der Waals surface area contributed by atoms with E-state index in [4.69, 9.17) is 4.74 Å². The van der Waals surface area contributed by atoms with Crippen molar-refractivity contribution in [3.63, 3.8) is 0 Å². The maximum atomic E-state index is 13.5. The molecule has 1 aliphatic rings. The summed E-state index contributed by atoms with van der Waals surface area (Å²) in [4.78, 5) is 4.20. The van der Waals surface area contributed by atoms with E-state index in [1.807, 2.05) is 42.5 Å². The summed E-state index contributed by atoms with van der Waals surface area (Å²) in [6.45, 7) is 0. The molecular formula is C20H19F2IN4O. The molecule has 0 aliphatic heterocycles. The normalized spacial score (nSPS) is 19.7. The number of benzene rings is 1. The van der Waals surface area contributed by atoms with Gasteiger partial charge >= 0.3 is 0 Å². The molecule has 1 aromatic carbocycles. The van der Waals surface area contributed by atoms with Crippen molar-refractivity contribution in [3.8, 4) is 11.6 Å². The van der Waals surface area contributed by atoms with Crippen LogP contribution in [0.5, 0.6) is 5.88 Å². The van der Waals surface area contributed by atoms with Crippen LogP contribution < -0.4 is 4.74 Å². The molecule has 146 valence electrons. The first kappa shape index (κ1) is 19.2. The monoisotopic (exact) mass is 496 g/mol. The lowest BCUT2D eigenvalue weighted by atomic mass is 9.86. The zero-order chi connectivity index (χ0) is 19.5. The van der Waals surface area contributed by atoms with Gasteiger partial charge in [-0.15, -0.1) is 10.2 Å². The fourth-order valence-electron chi connectivity index (χ4n) is 3.60. The van der Waals surface area contributed by atoms with Crippen molar-refractivity contribution in [3.05, 3.63) is 63.9 Å². The van der Waals surface area contributed by atoms with Gasteiger partial charge in [0.15, 0.2) is 0 Å². The standard InChI is InChI=1S/C20H19F2IN4O/c21-18(22)20-26-25-19(27(20)15-8-6-14(23)7-9-15)13-4-10-16(11-5-13)28-17-3-1-2-12-24-17/h1-3,6-9,12-13,16,18H,4-5,10-11H2/t13-,16-. The van der Waals surface area contributed by atoms with E-state index in [2.05, 4.69) is 37.8 Å². The number of rotatable bonds is 5. The summed E-state index contributed by atoms with van der Waals surface area (Å²) in [6.07, 6.45) is 2.37. The number of ether oxygens (including phenoxy) is 1. The van der Waals surface area contributed by atoms with Gasteiger partial charge in [-0.3, -0.25) is 4.57 Å². The van der Waals surface area contributed by atoms with Gasteiger partial charge < -0.3 is 4.74 Å². The molecule has 0 bridgehead atoms. The highest BCUT2D eigenvalue weighted by molar-refractivity contribution is 14.1. The SMILES string of the molecule is FC(F)c1nnc([C@H]2CC[C@H](Oc3ccccn3)CC2)n1-c1ccc(I)cc1. The molecule has 1 aliphatic carbocycles. The van der Waals surface area contributed by atoms with Gasteiger partial charge in [0.2, 0.25) is 11.7 Å². The van der Waals surface area contributed by atoms with Crippen molar-refractivity contribution in [2.75, 3.05) is 0 Å². The van der Waals surface area contributed by atoms with Gasteiger partial charge in [0.1, 0.15) is 11.9 Å². The van der Waals surface area contributed by atoms with E-state index >= 15 is 0 Å². The van der Waals surface area contributed by atoms with Gasteiger partial charge in [0, 0.05) is 27.4 Å². The van der Waals surface area contributed by atoms with Crippen molar-refractivity contribution in [1.82, 2.24) is 19.7 Å². The second kappa shape index (κ2) is 8.50. The number of alkyl halides is 2. The summed E-state index contributed by atoms with van der Waals surface area (Å²) in [5.74, 6) is 0.992. The van der Waals surface area contributed by atoms with E-state index in [-0.39, 0.29) is 17.8 Å². The molecule has 0 saturated heterocycles. The minimum absolute atomic E-state index is 0.0721. The van der Waals surface area contributed by atoms with Crippen molar-refractivity contribution < 1.29 is 13.5 Å². The second-order valence-electron chi connectivity index (χ2n) is 6.79. The quantitative estimate of drug-likeness (QED) is 0.450. The fourth-order valence-corrected chi connectivity index (χ4v) is 3.96. The maximum absolute atomic E-state index is 13.5. The van der Waals surface area contributed by atoms with Crippen LogP contribution in [-0.4, -0.2) is 25.9 Å². The first-order chi connectivity index (χ1) is 13.6. The van der Waals surface area contributed by atoms with E-state index in [1.54, 1.807) is 6.20 Å². The first-order valence-electron chi connectivity index (χ1n) is 9.19. The van der Waals surface area contributed by atoms with Crippen LogP contribution in [0.3, 0.4) is 0 Å². The second-order valence-corrected chi connectivity index (χ2v) is 8.03. The summed E-state index contributed by atoms with van der Waals surface area (Å²) >= 11 is 2.19. The molecule has 8 heteroatoms. The first-order valence-corrected chi connectivity index (χ1v) is 10.3. The van der Waals surface area contributed by atoms with Crippen LogP contribution in [-0.2, 0) is 0 Å². The Hall–Kier alpha value is -2.10. The van der Waals surface area contributed by atoms with Crippen LogP contribution >= 0.6 is 22.6 Å². The number of halogens is 3. The number of hydrogen-bond acceptors (Lipinski definition) is 4. The summed E-state index contributed by atoms with van der Waals surface area (Å²) in [6, 6.07) is 13.0. The van der Waals surface area contributed by atoms with Gasteiger partial charge in [0.05, 0.1) is 0 Å². The Morgan fingerprint density at radius 1 is 1.00 bits per heavy atom. The summed E-state index contributed by atoms with van der Waals surface area (Å²) in [5.41, 5.74) is 0.669. The van der Waals surface area contributed by atoms with E-state index < -0.39 is 6.43 Å². The summed E-state index contributed by atoms with van der Waals surface area (Å²) in [5, 5.41) is 7.94. The van der Waals surface area contributed by atoms with Crippen LogP contribution in [0.15, 0.2) is 48.7 Å². The Bertz CT molecular complexity index is 910. The van der Waals surface area contributed by atoms with Gasteiger partial charge in [-0.25, -0.2) is 13.8 Å². The van der Waals surface area contributed by atoms with Crippen LogP contribution in [0, 0.1) is 3.57 Å². The minimum atomic E-state index is -2.68. The molecule has 0 radical (unpaired) electrons. The van der Waals surface area contributed by atoms with Crippen molar-refractivity contribution >= 4 is 22.6 Å². The Kier molecular flexibility index (Phi) is 5.84. The number of hydrogen-bond donors (Lipinski definition) is 0. The van der Waals surface area contributed by atoms with E-state index in [0.717, 1.165) is 29.3 Å². The highest BCUT2D eigenvalue weighted by Crippen LogP contribution is 2.36. The largest absolute Gasteiger partial charge is 0.474 e. The Labute approximate surface area is 175 Å². The lowest BCUT2D eigenvalue weighted by molar-refractivity contribution is 0.134. The predicted molar refractivity (Wildman–Crippen MR) is 109 cm³/mol. The molecule has 28 heavy (non-hydrogen) atoms. The highest BCUT2D eigenvalue weighted by Gasteiger charge is 2.30. The predicted octanol–water partition coefficient (Wildman–Crippen LogP) is 5.31. The molecule has 0 atom stereocenters. The molecule has 0 unspecified atom stereocenters. The number of aromatic nitrogens is 4. The van der Waals surface area contributed by atoms with Crippen molar-refractivity contribution in [2.24, 2.45) is 0 Å². The Morgan fingerprint density at radius 3 is 2.39 bits per heavy atom. The fraction of sp³-hybridized carbons (Fsp3) is 0.350. The topological polar surface area (TPSA) is 52.8 Å². The third-order valence-electron chi connectivity index (χ3n) is 4.96. The average Bonchev–Trinajstić information content (AvgIpc) is 3.15. The third-order valence-corrected chi connectivity index (χ3v) is 5.68.